The molecule has 3 N–H and O–H groups in total. The Labute approximate surface area is 99.5 Å². The molecule has 5 nitrogen and oxygen atoms in total. The predicted octanol–water partition coefficient (Wildman–Crippen LogP) is 1.42. The summed E-state index contributed by atoms with van der Waals surface area (Å²) in [7, 11) is 0. The molecule has 0 unspecified atom stereocenters. The molecular weight excluding hydrogens is 220 g/mol. The molecule has 5 heteroatoms. The fourth-order valence-electron chi connectivity index (χ4n) is 2.05. The summed E-state index contributed by atoms with van der Waals surface area (Å²) in [6.07, 6.45) is 2.94. The van der Waals surface area contributed by atoms with Crippen molar-refractivity contribution in [1.82, 2.24) is 4.98 Å². The number of nitrogens with one attached hydrogen (secondary N) is 1. The summed E-state index contributed by atoms with van der Waals surface area (Å²) in [5.74, 6) is -0.344. The Morgan fingerprint density at radius 1 is 1.53 bits per heavy atom. The van der Waals surface area contributed by atoms with Gasteiger partial charge in [0.25, 0.3) is 0 Å². The minimum atomic E-state index is -0.970. The largest absolute Gasteiger partial charge is 0.478 e. The topological polar surface area (TPSA) is 82.5 Å². The molecule has 1 saturated carbocycles. The Kier molecular flexibility index (Phi) is 3.02. The number of nitrogens with zero attached hydrogens (tertiary/aromatic N) is 1. The van der Waals surface area contributed by atoms with E-state index in [2.05, 4.69) is 10.3 Å². The number of carboxylic acids is 1. The lowest BCUT2D eigenvalue weighted by Crippen LogP contribution is -2.48. The van der Waals surface area contributed by atoms with Crippen LogP contribution >= 0.6 is 0 Å². The lowest BCUT2D eigenvalue weighted by Gasteiger charge is -2.41. The normalized spacial score (nSPS) is 17.3. The number of aromatic nitrogens is 1. The Balaban J connectivity index is 2.17. The van der Waals surface area contributed by atoms with Crippen molar-refractivity contribution in [1.29, 1.82) is 0 Å². The van der Waals surface area contributed by atoms with Crippen LogP contribution in [0, 0.1) is 6.92 Å². The van der Waals surface area contributed by atoms with Gasteiger partial charge in [0, 0.05) is 0 Å². The molecule has 0 amide bonds. The van der Waals surface area contributed by atoms with Gasteiger partial charge in [0.15, 0.2) is 0 Å². The third-order valence-electron chi connectivity index (χ3n) is 3.32. The van der Waals surface area contributed by atoms with Crippen molar-refractivity contribution < 1.29 is 15.0 Å². The summed E-state index contributed by atoms with van der Waals surface area (Å²) < 4.78 is 0. The van der Waals surface area contributed by atoms with E-state index in [1.807, 2.05) is 0 Å². The van der Waals surface area contributed by atoms with Gasteiger partial charge < -0.3 is 15.5 Å². The van der Waals surface area contributed by atoms with Crippen LogP contribution in [-0.4, -0.2) is 33.3 Å². The van der Waals surface area contributed by atoms with E-state index in [0.717, 1.165) is 19.3 Å². The third kappa shape index (κ3) is 2.24. The number of carbonyl (C=O) groups is 1. The molecule has 0 aromatic carbocycles. The summed E-state index contributed by atoms with van der Waals surface area (Å²) in [6, 6.07) is 3.18. The van der Waals surface area contributed by atoms with Crippen molar-refractivity contribution in [2.75, 3.05) is 11.9 Å². The second-order valence-electron chi connectivity index (χ2n) is 4.55. The van der Waals surface area contributed by atoms with Gasteiger partial charge >= 0.3 is 5.97 Å². The SMILES string of the molecule is Cc1nc(NC2(CO)CCC2)ccc1C(=O)O. The predicted molar refractivity (Wildman–Crippen MR) is 63.2 cm³/mol. The fourth-order valence-corrected chi connectivity index (χ4v) is 2.05. The number of aromatic carboxylic acids is 1. The number of aliphatic hydroxyl groups is 1. The van der Waals surface area contributed by atoms with Gasteiger partial charge in [0.2, 0.25) is 0 Å². The van der Waals surface area contributed by atoms with Crippen LogP contribution in [0.15, 0.2) is 12.1 Å². The summed E-state index contributed by atoms with van der Waals surface area (Å²) in [4.78, 5) is 15.0. The van der Waals surface area contributed by atoms with Crippen LogP contribution in [-0.2, 0) is 0 Å². The number of rotatable bonds is 4. The standard InChI is InChI=1S/C12H16N2O3/c1-8-9(11(16)17)3-4-10(13-8)14-12(7-15)5-2-6-12/h3-4,15H,2,5-7H2,1H3,(H,13,14)(H,16,17). The van der Waals surface area contributed by atoms with Gasteiger partial charge in [-0.05, 0) is 38.3 Å². The zero-order chi connectivity index (χ0) is 12.5. The molecule has 1 aliphatic carbocycles. The van der Waals surface area contributed by atoms with Crippen LogP contribution in [0.3, 0.4) is 0 Å². The number of aliphatic hydroxyl groups excluding tert-OH is 1. The molecule has 0 aliphatic heterocycles. The van der Waals surface area contributed by atoms with E-state index in [1.165, 1.54) is 6.07 Å². The van der Waals surface area contributed by atoms with E-state index >= 15 is 0 Å². The number of anilines is 1. The lowest BCUT2D eigenvalue weighted by molar-refractivity contribution is 0.0695. The van der Waals surface area contributed by atoms with E-state index in [4.69, 9.17) is 5.11 Å². The summed E-state index contributed by atoms with van der Waals surface area (Å²) in [6.45, 7) is 1.75. The molecule has 0 atom stereocenters. The van der Waals surface area contributed by atoms with Crippen molar-refractivity contribution >= 4 is 11.8 Å². The monoisotopic (exact) mass is 236 g/mol. The Morgan fingerprint density at radius 3 is 2.65 bits per heavy atom. The highest BCUT2D eigenvalue weighted by Crippen LogP contribution is 2.34. The number of hydrogen-bond donors (Lipinski definition) is 3. The molecule has 0 spiro atoms. The molecule has 0 radical (unpaired) electrons. The molecule has 1 aromatic rings. The van der Waals surface area contributed by atoms with Crippen molar-refractivity contribution in [2.45, 2.75) is 31.7 Å². The molecule has 1 fully saturated rings. The van der Waals surface area contributed by atoms with E-state index in [-0.39, 0.29) is 17.7 Å². The Morgan fingerprint density at radius 2 is 2.24 bits per heavy atom. The second kappa shape index (κ2) is 4.33. The molecule has 0 bridgehead atoms. The minimum absolute atomic E-state index is 0.0778. The van der Waals surface area contributed by atoms with Gasteiger partial charge in [-0.25, -0.2) is 9.78 Å². The fraction of sp³-hybridized carbons (Fsp3) is 0.500. The van der Waals surface area contributed by atoms with E-state index < -0.39 is 5.97 Å². The van der Waals surface area contributed by atoms with Crippen molar-refractivity contribution in [3.05, 3.63) is 23.4 Å². The van der Waals surface area contributed by atoms with Crippen molar-refractivity contribution in [3.63, 3.8) is 0 Å². The highest BCUT2D eigenvalue weighted by atomic mass is 16.4. The molecule has 17 heavy (non-hydrogen) atoms. The van der Waals surface area contributed by atoms with Crippen LogP contribution in [0.1, 0.15) is 35.3 Å². The van der Waals surface area contributed by atoms with Gasteiger partial charge in [-0.2, -0.15) is 0 Å². The average Bonchev–Trinajstić information content (AvgIpc) is 2.23. The van der Waals surface area contributed by atoms with E-state index in [1.54, 1.807) is 13.0 Å². The zero-order valence-electron chi connectivity index (χ0n) is 9.73. The third-order valence-corrected chi connectivity index (χ3v) is 3.32. The average molecular weight is 236 g/mol. The molecule has 2 rings (SSSR count). The summed E-state index contributed by atoms with van der Waals surface area (Å²) >= 11 is 0. The van der Waals surface area contributed by atoms with Crippen molar-refractivity contribution in [2.24, 2.45) is 0 Å². The number of carboxylic acid groups (broad SMARTS) is 1. The lowest BCUT2D eigenvalue weighted by atomic mass is 9.77. The quantitative estimate of drug-likeness (QED) is 0.736. The van der Waals surface area contributed by atoms with Gasteiger partial charge in [-0.1, -0.05) is 0 Å². The molecule has 1 aliphatic rings. The number of aryl methyl sites for hydroxylation is 1. The van der Waals surface area contributed by atoms with Crippen LogP contribution < -0.4 is 5.32 Å². The zero-order valence-corrected chi connectivity index (χ0v) is 9.73. The minimum Gasteiger partial charge on any atom is -0.478 e. The van der Waals surface area contributed by atoms with Crippen LogP contribution in [0.2, 0.25) is 0 Å². The van der Waals surface area contributed by atoms with E-state index in [0.29, 0.717) is 11.5 Å². The molecular formula is C12H16N2O3. The maximum Gasteiger partial charge on any atom is 0.337 e. The number of hydrogen-bond acceptors (Lipinski definition) is 4. The highest BCUT2D eigenvalue weighted by molar-refractivity contribution is 5.89. The maximum absolute atomic E-state index is 10.8. The number of pyridine rings is 1. The van der Waals surface area contributed by atoms with E-state index in [9.17, 15) is 9.90 Å². The highest BCUT2D eigenvalue weighted by Gasteiger charge is 2.36. The first kappa shape index (κ1) is 11.9. The van der Waals surface area contributed by atoms with Crippen LogP contribution in [0.5, 0.6) is 0 Å². The molecule has 1 heterocycles. The van der Waals surface area contributed by atoms with Gasteiger partial charge in [-0.3, -0.25) is 0 Å². The smallest absolute Gasteiger partial charge is 0.337 e. The molecule has 92 valence electrons. The molecule has 0 saturated heterocycles. The van der Waals surface area contributed by atoms with Crippen LogP contribution in [0.25, 0.3) is 0 Å². The first-order valence-electron chi connectivity index (χ1n) is 5.66. The summed E-state index contributed by atoms with van der Waals surface area (Å²) in [5.41, 5.74) is 0.432. The van der Waals surface area contributed by atoms with Gasteiger partial charge in [0.1, 0.15) is 5.82 Å². The maximum atomic E-state index is 10.8. The Hall–Kier alpha value is -1.62. The van der Waals surface area contributed by atoms with Gasteiger partial charge in [0.05, 0.1) is 23.4 Å². The molecule has 1 aromatic heterocycles. The van der Waals surface area contributed by atoms with Crippen molar-refractivity contribution in [3.8, 4) is 0 Å². The summed E-state index contributed by atoms with van der Waals surface area (Å²) in [5, 5.41) is 21.4. The van der Waals surface area contributed by atoms with Gasteiger partial charge in [-0.15, -0.1) is 0 Å². The van der Waals surface area contributed by atoms with Crippen LogP contribution in [0.4, 0.5) is 5.82 Å². The Bertz CT molecular complexity index is 436. The first-order valence-corrected chi connectivity index (χ1v) is 5.66. The second-order valence-corrected chi connectivity index (χ2v) is 4.55. The first-order chi connectivity index (χ1) is 8.06.